The molecule has 2 bridgehead atoms. The summed E-state index contributed by atoms with van der Waals surface area (Å²) in [7, 11) is 0. The van der Waals surface area contributed by atoms with E-state index in [1.54, 1.807) is 4.90 Å². The lowest BCUT2D eigenvalue weighted by Gasteiger charge is -2.70. The molecule has 8 nitrogen and oxygen atoms in total. The Hall–Kier alpha value is -3.08. The van der Waals surface area contributed by atoms with Crippen molar-refractivity contribution in [2.24, 2.45) is 5.92 Å². The van der Waals surface area contributed by atoms with Crippen LogP contribution >= 0.6 is 0 Å². The third-order valence-corrected chi connectivity index (χ3v) is 6.64. The number of rotatable bonds is 2. The highest BCUT2D eigenvalue weighted by Gasteiger charge is 2.70. The van der Waals surface area contributed by atoms with Crippen LogP contribution in [0, 0.1) is 17.2 Å². The predicted octanol–water partition coefficient (Wildman–Crippen LogP) is 2.10. The number of aromatic nitrogens is 4. The Kier molecular flexibility index (Phi) is 2.67. The monoisotopic (exact) mass is 361 g/mol. The van der Waals surface area contributed by atoms with E-state index in [0.29, 0.717) is 13.1 Å². The Balaban J connectivity index is 1.23. The Morgan fingerprint density at radius 3 is 3.00 bits per heavy atom. The second-order valence-corrected chi connectivity index (χ2v) is 8.37. The second kappa shape index (κ2) is 4.80. The fraction of sp³-hybridized carbons (Fsp3) is 0.474. The molecule has 8 heteroatoms. The number of likely N-dealkylation sites (tertiary alicyclic amines) is 1. The molecule has 1 atom stereocenters. The van der Waals surface area contributed by atoms with Crippen molar-refractivity contribution in [3.05, 3.63) is 24.8 Å². The number of hydrogen-bond acceptors (Lipinski definition) is 4. The van der Waals surface area contributed by atoms with Gasteiger partial charge in [-0.05, 0) is 31.7 Å². The molecule has 3 aromatic heterocycles. The number of urea groups is 1. The standard InChI is InChI=1S/C19H19N7O/c20-5-12-2-4-25(7-12)17(27)24-18-8-19(9-18,10-18)26-11-23-14-6-22-16-13(15(14)26)1-3-21-16/h1,3,6,11-12H,2,4,7-10H2,(H,21,22)(H,24,27). The summed E-state index contributed by atoms with van der Waals surface area (Å²) in [5.74, 6) is -0.0233. The third-order valence-electron chi connectivity index (χ3n) is 6.64. The molecule has 136 valence electrons. The van der Waals surface area contributed by atoms with E-state index in [-0.39, 0.29) is 23.0 Å². The van der Waals surface area contributed by atoms with E-state index in [1.165, 1.54) is 0 Å². The largest absolute Gasteiger partial charge is 0.346 e. The van der Waals surface area contributed by atoms with Gasteiger partial charge >= 0.3 is 6.03 Å². The summed E-state index contributed by atoms with van der Waals surface area (Å²) in [6, 6.07) is 4.29. The van der Waals surface area contributed by atoms with Gasteiger partial charge in [0.1, 0.15) is 11.2 Å². The maximum atomic E-state index is 12.6. The number of nitrogens with one attached hydrogen (secondary N) is 2. The van der Waals surface area contributed by atoms with Crippen LogP contribution in [0.2, 0.25) is 0 Å². The van der Waals surface area contributed by atoms with Crippen LogP contribution in [-0.2, 0) is 5.54 Å². The minimum absolute atomic E-state index is 0.0197. The van der Waals surface area contributed by atoms with Gasteiger partial charge in [-0.1, -0.05) is 0 Å². The molecule has 2 N–H and O–H groups in total. The molecular weight excluding hydrogens is 342 g/mol. The van der Waals surface area contributed by atoms with Gasteiger partial charge in [-0.25, -0.2) is 14.8 Å². The quantitative estimate of drug-likeness (QED) is 0.729. The first-order valence-electron chi connectivity index (χ1n) is 9.38. The average molecular weight is 361 g/mol. The van der Waals surface area contributed by atoms with Gasteiger partial charge in [0, 0.05) is 30.2 Å². The maximum Gasteiger partial charge on any atom is 0.317 e. The van der Waals surface area contributed by atoms with E-state index in [2.05, 4.69) is 30.9 Å². The molecule has 3 aliphatic carbocycles. The van der Waals surface area contributed by atoms with E-state index in [1.807, 2.05) is 24.8 Å². The Bertz CT molecular complexity index is 1120. The van der Waals surface area contributed by atoms with Crippen LogP contribution in [0.1, 0.15) is 25.7 Å². The zero-order valence-corrected chi connectivity index (χ0v) is 14.8. The molecule has 4 heterocycles. The van der Waals surface area contributed by atoms with Crippen molar-refractivity contribution in [3.8, 4) is 6.07 Å². The van der Waals surface area contributed by atoms with Gasteiger partial charge in [0.2, 0.25) is 0 Å². The summed E-state index contributed by atoms with van der Waals surface area (Å²) in [6.07, 6.45) is 9.21. The fourth-order valence-electron chi connectivity index (χ4n) is 5.35. The minimum Gasteiger partial charge on any atom is -0.346 e. The number of aromatic amines is 1. The van der Waals surface area contributed by atoms with Gasteiger partial charge in [-0.2, -0.15) is 5.26 Å². The number of carbonyl (C=O) groups is 1. The molecule has 3 saturated carbocycles. The Morgan fingerprint density at radius 1 is 1.37 bits per heavy atom. The molecule has 0 radical (unpaired) electrons. The highest BCUT2D eigenvalue weighted by molar-refractivity contribution is 6.01. The Morgan fingerprint density at radius 2 is 2.22 bits per heavy atom. The predicted molar refractivity (Wildman–Crippen MR) is 97.8 cm³/mol. The molecule has 7 rings (SSSR count). The molecule has 0 aromatic carbocycles. The maximum absolute atomic E-state index is 12.6. The van der Waals surface area contributed by atoms with Gasteiger partial charge in [0.25, 0.3) is 0 Å². The average Bonchev–Trinajstić information content (AvgIpc) is 3.33. The molecular formula is C19H19N7O. The summed E-state index contributed by atoms with van der Waals surface area (Å²) in [5.41, 5.74) is 2.86. The molecule has 27 heavy (non-hydrogen) atoms. The van der Waals surface area contributed by atoms with Gasteiger partial charge in [-0.15, -0.1) is 0 Å². The van der Waals surface area contributed by atoms with E-state index in [4.69, 9.17) is 5.26 Å². The SMILES string of the molecule is N#CC1CCN(C(=O)NC23CC(n4cnc5cnc6[nH]ccc6c54)(C2)C3)C1. The lowest BCUT2D eigenvalue weighted by molar-refractivity contribution is -0.129. The van der Waals surface area contributed by atoms with E-state index in [0.717, 1.165) is 47.8 Å². The molecule has 0 spiro atoms. The second-order valence-electron chi connectivity index (χ2n) is 8.37. The third kappa shape index (κ3) is 1.89. The number of nitrogens with zero attached hydrogens (tertiary/aromatic N) is 5. The van der Waals surface area contributed by atoms with Crippen LogP contribution in [0.25, 0.3) is 22.1 Å². The van der Waals surface area contributed by atoms with E-state index in [9.17, 15) is 4.79 Å². The number of fused-ring (bicyclic) bond motifs is 3. The van der Waals surface area contributed by atoms with Crippen molar-refractivity contribution in [3.63, 3.8) is 0 Å². The summed E-state index contributed by atoms with van der Waals surface area (Å²) in [5, 5.41) is 13.4. The van der Waals surface area contributed by atoms with Gasteiger partial charge < -0.3 is 19.8 Å². The highest BCUT2D eigenvalue weighted by Crippen LogP contribution is 2.65. The normalized spacial score (nSPS) is 31.5. The molecule has 2 amide bonds. The summed E-state index contributed by atoms with van der Waals surface area (Å²) in [6.45, 7) is 1.23. The number of pyridine rings is 1. The highest BCUT2D eigenvalue weighted by atomic mass is 16.2. The molecule has 3 aromatic rings. The molecule has 1 unspecified atom stereocenters. The smallest absolute Gasteiger partial charge is 0.317 e. The minimum atomic E-state index is -0.0945. The number of hydrogen-bond donors (Lipinski definition) is 2. The van der Waals surface area contributed by atoms with Gasteiger partial charge in [0.05, 0.1) is 35.6 Å². The van der Waals surface area contributed by atoms with Crippen molar-refractivity contribution in [2.75, 3.05) is 13.1 Å². The number of nitriles is 1. The summed E-state index contributed by atoms with van der Waals surface area (Å²) < 4.78 is 2.29. The van der Waals surface area contributed by atoms with Crippen molar-refractivity contribution < 1.29 is 4.79 Å². The van der Waals surface area contributed by atoms with Crippen LogP contribution in [0.5, 0.6) is 0 Å². The zero-order valence-electron chi connectivity index (χ0n) is 14.8. The first-order chi connectivity index (χ1) is 13.1. The first-order valence-corrected chi connectivity index (χ1v) is 9.38. The summed E-state index contributed by atoms with van der Waals surface area (Å²) in [4.78, 5) is 26.5. The van der Waals surface area contributed by atoms with Gasteiger partial charge in [0.15, 0.2) is 0 Å². The molecule has 4 aliphatic rings. The van der Waals surface area contributed by atoms with Crippen molar-refractivity contribution >= 4 is 28.1 Å². The van der Waals surface area contributed by atoms with Crippen molar-refractivity contribution in [1.29, 1.82) is 5.26 Å². The molecule has 1 aliphatic heterocycles. The summed E-state index contributed by atoms with van der Waals surface area (Å²) >= 11 is 0. The van der Waals surface area contributed by atoms with Crippen molar-refractivity contribution in [1.82, 2.24) is 29.7 Å². The number of imidazole rings is 1. The van der Waals surface area contributed by atoms with Crippen LogP contribution < -0.4 is 5.32 Å². The lowest BCUT2D eigenvalue weighted by Crippen LogP contribution is -2.79. The molecule has 1 saturated heterocycles. The van der Waals surface area contributed by atoms with Gasteiger partial charge in [-0.3, -0.25) is 0 Å². The lowest BCUT2D eigenvalue weighted by atomic mass is 9.44. The zero-order chi connectivity index (χ0) is 18.2. The fourth-order valence-corrected chi connectivity index (χ4v) is 5.35. The number of H-pyrrole nitrogens is 1. The van der Waals surface area contributed by atoms with Crippen LogP contribution in [-0.4, -0.2) is 49.1 Å². The van der Waals surface area contributed by atoms with Crippen LogP contribution in [0.4, 0.5) is 4.79 Å². The van der Waals surface area contributed by atoms with Crippen molar-refractivity contribution in [2.45, 2.75) is 36.8 Å². The van der Waals surface area contributed by atoms with Crippen LogP contribution in [0.3, 0.4) is 0 Å². The Labute approximate surface area is 155 Å². The molecule has 4 fully saturated rings. The first kappa shape index (κ1) is 15.0. The number of carbonyl (C=O) groups excluding carboxylic acids is 1. The van der Waals surface area contributed by atoms with E-state index >= 15 is 0 Å². The number of amides is 2. The van der Waals surface area contributed by atoms with Crippen LogP contribution in [0.15, 0.2) is 24.8 Å². The van der Waals surface area contributed by atoms with E-state index < -0.39 is 0 Å². The topological polar surface area (TPSA) is 103 Å².